The lowest BCUT2D eigenvalue weighted by Gasteiger charge is -2.41. The van der Waals surface area contributed by atoms with Gasteiger partial charge in [0.05, 0.1) is 11.3 Å². The minimum absolute atomic E-state index is 0.178. The first-order valence-corrected chi connectivity index (χ1v) is 14.8. The van der Waals surface area contributed by atoms with Gasteiger partial charge in [0.25, 0.3) is 0 Å². The Bertz CT molecular complexity index is 1350. The highest BCUT2D eigenvalue weighted by atomic mass is 16.5. The molecule has 0 bridgehead atoms. The van der Waals surface area contributed by atoms with Crippen LogP contribution in [0.25, 0.3) is 11.1 Å². The van der Waals surface area contributed by atoms with E-state index < -0.39 is 17.7 Å². The van der Waals surface area contributed by atoms with Gasteiger partial charge in [0, 0.05) is 42.7 Å². The number of carboxylic acids is 1. The van der Waals surface area contributed by atoms with Crippen LogP contribution in [0.3, 0.4) is 0 Å². The summed E-state index contributed by atoms with van der Waals surface area (Å²) in [6.45, 7) is 16.2. The predicted octanol–water partition coefficient (Wildman–Crippen LogP) is 7.70. The Kier molecular flexibility index (Phi) is 9.63. The van der Waals surface area contributed by atoms with E-state index in [2.05, 4.69) is 18.7 Å². The highest BCUT2D eigenvalue weighted by molar-refractivity contribution is 5.88. The molecule has 0 spiro atoms. The molecule has 0 aliphatic carbocycles. The van der Waals surface area contributed by atoms with Crippen molar-refractivity contribution in [3.63, 3.8) is 0 Å². The third-order valence-corrected chi connectivity index (χ3v) is 7.97. The second-order valence-electron chi connectivity index (χ2n) is 13.0. The van der Waals surface area contributed by atoms with Crippen LogP contribution in [0.2, 0.25) is 0 Å². The van der Waals surface area contributed by atoms with E-state index in [0.29, 0.717) is 17.9 Å². The molecule has 1 aliphatic rings. The van der Waals surface area contributed by atoms with Crippen LogP contribution in [-0.4, -0.2) is 48.5 Å². The molecule has 3 aromatic rings. The molecule has 1 aliphatic heterocycles. The number of aryl methyl sites for hydroxylation is 2. The first kappa shape index (κ1) is 31.5. The van der Waals surface area contributed by atoms with Crippen molar-refractivity contribution in [3.8, 4) is 16.9 Å². The van der Waals surface area contributed by atoms with Crippen LogP contribution >= 0.6 is 0 Å². The van der Waals surface area contributed by atoms with E-state index in [-0.39, 0.29) is 11.5 Å². The van der Waals surface area contributed by atoms with Crippen molar-refractivity contribution >= 4 is 11.7 Å². The van der Waals surface area contributed by atoms with Crippen molar-refractivity contribution in [3.05, 3.63) is 77.1 Å². The molecule has 0 radical (unpaired) electrons. The maximum atomic E-state index is 12.7. The summed E-state index contributed by atoms with van der Waals surface area (Å²) in [4.78, 5) is 19.9. The van der Waals surface area contributed by atoms with Gasteiger partial charge in [0.15, 0.2) is 6.10 Å². The highest BCUT2D eigenvalue weighted by Crippen LogP contribution is 2.45. The van der Waals surface area contributed by atoms with Crippen LogP contribution in [0.15, 0.2) is 54.6 Å². The lowest BCUT2D eigenvalue weighted by atomic mass is 9.82. The zero-order valence-electron chi connectivity index (χ0n) is 26.4. The molecule has 1 saturated heterocycles. The second-order valence-corrected chi connectivity index (χ2v) is 13.0. The Morgan fingerprint density at radius 1 is 1.00 bits per heavy atom. The van der Waals surface area contributed by atoms with E-state index in [1.165, 1.54) is 0 Å². The molecule has 0 amide bonds. The van der Waals surface area contributed by atoms with E-state index in [4.69, 9.17) is 19.2 Å². The largest absolute Gasteiger partial charge is 0.491 e. The quantitative estimate of drug-likeness (QED) is 0.266. The van der Waals surface area contributed by atoms with Crippen LogP contribution < -0.4 is 9.64 Å². The fourth-order valence-corrected chi connectivity index (χ4v) is 5.61. The van der Waals surface area contributed by atoms with E-state index in [1.54, 1.807) is 7.11 Å². The summed E-state index contributed by atoms with van der Waals surface area (Å²) in [5, 5.41) is 10.4. The molecular weight excluding hydrogens is 528 g/mol. The number of ether oxygens (including phenoxy) is 3. The number of carbonyl (C=O) groups is 1. The van der Waals surface area contributed by atoms with Crippen LogP contribution in [-0.2, 0) is 14.3 Å². The third-order valence-electron chi connectivity index (χ3n) is 7.97. The molecule has 1 N–H and O–H groups in total. The average molecular weight is 575 g/mol. The number of pyridine rings is 1. The summed E-state index contributed by atoms with van der Waals surface area (Å²) in [5.41, 5.74) is 5.61. The Morgan fingerprint density at radius 3 is 2.17 bits per heavy atom. The number of benzene rings is 2. The van der Waals surface area contributed by atoms with Gasteiger partial charge < -0.3 is 24.2 Å². The van der Waals surface area contributed by atoms with Gasteiger partial charge in [-0.05, 0) is 76.1 Å². The van der Waals surface area contributed by atoms with Gasteiger partial charge in [-0.15, -0.1) is 0 Å². The zero-order valence-corrected chi connectivity index (χ0v) is 26.4. The minimum atomic E-state index is -1.15. The normalized spacial score (nSPS) is 16.6. The molecule has 2 atom stereocenters. The molecule has 0 saturated carbocycles. The summed E-state index contributed by atoms with van der Waals surface area (Å²) in [6, 6.07) is 18.0. The number of aliphatic carboxylic acids is 1. The lowest BCUT2D eigenvalue weighted by molar-refractivity contribution is -0.160. The van der Waals surface area contributed by atoms with Crippen molar-refractivity contribution in [1.82, 2.24) is 4.98 Å². The van der Waals surface area contributed by atoms with Crippen LogP contribution in [0.4, 0.5) is 5.69 Å². The molecule has 2 heterocycles. The van der Waals surface area contributed by atoms with Gasteiger partial charge in [-0.1, -0.05) is 56.3 Å². The van der Waals surface area contributed by atoms with Crippen LogP contribution in [0, 0.1) is 19.3 Å². The third kappa shape index (κ3) is 7.50. The van der Waals surface area contributed by atoms with Crippen LogP contribution in [0.5, 0.6) is 5.75 Å². The molecule has 1 fully saturated rings. The number of nitrogens with zero attached hydrogens (tertiary/aromatic N) is 2. The van der Waals surface area contributed by atoms with Crippen molar-refractivity contribution in [2.24, 2.45) is 5.41 Å². The number of aromatic nitrogens is 1. The summed E-state index contributed by atoms with van der Waals surface area (Å²) >= 11 is 0. The molecule has 42 heavy (non-hydrogen) atoms. The van der Waals surface area contributed by atoms with Crippen molar-refractivity contribution in [2.75, 3.05) is 31.7 Å². The zero-order chi connectivity index (χ0) is 30.7. The molecule has 4 rings (SSSR count). The SMILES string of the molecule is CO[C@@H](COc1ccc(-c2c(C)nc(C)c([C@H](OC(C)(C)C)C(=O)O)c2N2CCC(C)(C)CC2)cc1)c1ccccc1. The number of anilines is 1. The molecule has 1 aromatic heterocycles. The molecule has 7 heteroatoms. The molecule has 226 valence electrons. The maximum Gasteiger partial charge on any atom is 0.337 e. The van der Waals surface area contributed by atoms with E-state index in [0.717, 1.165) is 59.8 Å². The van der Waals surface area contributed by atoms with E-state index >= 15 is 0 Å². The molecular formula is C35H46N2O5. The van der Waals surface area contributed by atoms with Gasteiger partial charge in [-0.2, -0.15) is 0 Å². The number of hydrogen-bond donors (Lipinski definition) is 1. The first-order valence-electron chi connectivity index (χ1n) is 14.8. The number of hydrogen-bond acceptors (Lipinski definition) is 6. The number of piperidine rings is 1. The average Bonchev–Trinajstić information content (AvgIpc) is 2.93. The number of carboxylic acid groups (broad SMARTS) is 1. The standard InChI is InChI=1S/C35H46N2O5/c1-23-29(26-14-16-27(17-15-26)41-22-28(40-8)25-12-10-9-11-13-25)31(37-20-18-35(6,7)19-21-37)30(24(2)36-23)32(33(38)39)42-34(3,4)5/h9-17,28,32H,18-22H2,1-8H3,(H,38,39)/t28-,32-/m0/s1. The Hall–Kier alpha value is -3.42. The van der Waals surface area contributed by atoms with E-state index in [9.17, 15) is 9.90 Å². The molecule has 2 aromatic carbocycles. The summed E-state index contributed by atoms with van der Waals surface area (Å²) in [6.07, 6.45) is 0.703. The van der Waals surface area contributed by atoms with Gasteiger partial charge in [-0.25, -0.2) is 4.79 Å². The Balaban J connectivity index is 1.74. The van der Waals surface area contributed by atoms with E-state index in [1.807, 2.05) is 89.2 Å². The monoisotopic (exact) mass is 574 g/mol. The smallest absolute Gasteiger partial charge is 0.337 e. The van der Waals surface area contributed by atoms with Crippen LogP contribution in [0.1, 0.15) is 82.2 Å². The number of methoxy groups -OCH3 is 1. The fourth-order valence-electron chi connectivity index (χ4n) is 5.61. The Morgan fingerprint density at radius 2 is 1.62 bits per heavy atom. The van der Waals surface area contributed by atoms with Gasteiger partial charge in [-0.3, -0.25) is 4.98 Å². The maximum absolute atomic E-state index is 12.7. The van der Waals surface area contributed by atoms with Gasteiger partial charge in [0.2, 0.25) is 0 Å². The first-order chi connectivity index (χ1) is 19.8. The minimum Gasteiger partial charge on any atom is -0.491 e. The summed E-state index contributed by atoms with van der Waals surface area (Å²) in [5.74, 6) is -0.284. The highest BCUT2D eigenvalue weighted by Gasteiger charge is 2.36. The van der Waals surface area contributed by atoms with Crippen molar-refractivity contribution in [2.45, 2.75) is 79.1 Å². The second kappa shape index (κ2) is 12.8. The van der Waals surface area contributed by atoms with Crippen molar-refractivity contribution < 1.29 is 24.1 Å². The molecule has 0 unspecified atom stereocenters. The molecule has 7 nitrogen and oxygen atoms in total. The lowest BCUT2D eigenvalue weighted by Crippen LogP contribution is -2.39. The number of rotatable bonds is 10. The topological polar surface area (TPSA) is 81.1 Å². The van der Waals surface area contributed by atoms with Gasteiger partial charge in [0.1, 0.15) is 18.5 Å². The predicted molar refractivity (Wildman–Crippen MR) is 167 cm³/mol. The Labute approximate surface area is 250 Å². The summed E-state index contributed by atoms with van der Waals surface area (Å²) in [7, 11) is 1.69. The summed E-state index contributed by atoms with van der Waals surface area (Å²) < 4.78 is 18.0. The van der Waals surface area contributed by atoms with Crippen molar-refractivity contribution in [1.29, 1.82) is 0 Å². The van der Waals surface area contributed by atoms with Gasteiger partial charge >= 0.3 is 5.97 Å². The fraction of sp³-hybridized carbons (Fsp3) is 0.486.